The third-order valence-corrected chi connectivity index (χ3v) is 12.2. The quantitative estimate of drug-likeness (QED) is 0.0352. The summed E-state index contributed by atoms with van der Waals surface area (Å²) in [6.45, 7) is 22.8. The molecule has 1 heterocycles. The van der Waals surface area contributed by atoms with Crippen LogP contribution in [-0.2, 0) is 28.6 Å². The van der Waals surface area contributed by atoms with Crippen molar-refractivity contribution < 1.29 is 28.6 Å². The van der Waals surface area contributed by atoms with Crippen LogP contribution in [0.4, 0.5) is 0 Å². The number of nitrogens with zero attached hydrogens (tertiary/aromatic N) is 1. The van der Waals surface area contributed by atoms with Crippen molar-refractivity contribution in [2.75, 3.05) is 32.8 Å². The van der Waals surface area contributed by atoms with E-state index in [1.165, 1.54) is 38.5 Å². The van der Waals surface area contributed by atoms with Crippen LogP contribution in [0.1, 0.15) is 222 Å². The average molecular weight is 792 g/mol. The number of hydrogen-bond acceptors (Lipinski definition) is 7. The van der Waals surface area contributed by atoms with Gasteiger partial charge in [-0.3, -0.25) is 14.4 Å². The van der Waals surface area contributed by atoms with E-state index in [9.17, 15) is 14.4 Å². The second-order valence-corrected chi connectivity index (χ2v) is 19.1. The zero-order chi connectivity index (χ0) is 41.4. The van der Waals surface area contributed by atoms with Gasteiger partial charge >= 0.3 is 17.9 Å². The highest BCUT2D eigenvalue weighted by Crippen LogP contribution is 2.26. The van der Waals surface area contributed by atoms with Crippen molar-refractivity contribution in [2.45, 2.75) is 228 Å². The molecule has 0 aromatic heterocycles. The minimum absolute atomic E-state index is 0.0134. The molecule has 1 aliphatic rings. The highest BCUT2D eigenvalue weighted by atomic mass is 16.5. The van der Waals surface area contributed by atoms with Crippen molar-refractivity contribution in [1.82, 2.24) is 4.90 Å². The van der Waals surface area contributed by atoms with Gasteiger partial charge in [0.1, 0.15) is 6.10 Å². The summed E-state index contributed by atoms with van der Waals surface area (Å²) in [6.07, 6.45) is 26.3. The van der Waals surface area contributed by atoms with E-state index in [1.807, 2.05) is 0 Å². The van der Waals surface area contributed by atoms with Gasteiger partial charge in [-0.15, -0.1) is 0 Å². The van der Waals surface area contributed by atoms with E-state index in [-0.39, 0.29) is 24.0 Å². The van der Waals surface area contributed by atoms with Gasteiger partial charge in [0, 0.05) is 19.3 Å². The molecule has 7 nitrogen and oxygen atoms in total. The lowest BCUT2D eigenvalue weighted by atomic mass is 9.85. The van der Waals surface area contributed by atoms with E-state index in [1.54, 1.807) is 0 Å². The number of carbonyl (C=O) groups is 3. The maximum absolute atomic E-state index is 12.8. The predicted octanol–water partition coefficient (Wildman–Crippen LogP) is 13.3. The molecule has 330 valence electrons. The van der Waals surface area contributed by atoms with Gasteiger partial charge in [-0.2, -0.15) is 0 Å². The monoisotopic (exact) mass is 792 g/mol. The lowest BCUT2D eigenvalue weighted by molar-refractivity contribution is -0.150. The molecule has 0 bridgehead atoms. The summed E-state index contributed by atoms with van der Waals surface area (Å²) in [5.41, 5.74) is 0. The lowest BCUT2D eigenvalue weighted by Gasteiger charge is -2.21. The van der Waals surface area contributed by atoms with Crippen LogP contribution in [0.5, 0.6) is 0 Å². The Hall–Kier alpha value is -1.63. The van der Waals surface area contributed by atoms with E-state index in [0.29, 0.717) is 44.3 Å². The largest absolute Gasteiger partial charge is 0.466 e. The first kappa shape index (κ1) is 52.4. The lowest BCUT2D eigenvalue weighted by Crippen LogP contribution is -2.23. The van der Waals surface area contributed by atoms with Crippen LogP contribution in [0.2, 0.25) is 0 Å². The smallest absolute Gasteiger partial charge is 0.306 e. The van der Waals surface area contributed by atoms with Crippen LogP contribution in [0.15, 0.2) is 0 Å². The summed E-state index contributed by atoms with van der Waals surface area (Å²) in [6, 6.07) is 0. The molecule has 0 aromatic carbocycles. The second kappa shape index (κ2) is 34.3. The van der Waals surface area contributed by atoms with Crippen molar-refractivity contribution in [3.8, 4) is 0 Å². The van der Waals surface area contributed by atoms with E-state index < -0.39 is 0 Å². The molecule has 0 aliphatic carbocycles. The van der Waals surface area contributed by atoms with Crippen LogP contribution in [0.3, 0.4) is 0 Å². The Kier molecular flexibility index (Phi) is 32.0. The number of esters is 3. The van der Waals surface area contributed by atoms with Gasteiger partial charge in [-0.1, -0.05) is 107 Å². The van der Waals surface area contributed by atoms with E-state index in [0.717, 1.165) is 152 Å². The first-order valence-corrected chi connectivity index (χ1v) is 24.1. The summed E-state index contributed by atoms with van der Waals surface area (Å²) in [7, 11) is 0. The van der Waals surface area contributed by atoms with Crippen molar-refractivity contribution in [3.05, 3.63) is 0 Å². The third-order valence-electron chi connectivity index (χ3n) is 12.2. The fourth-order valence-electron chi connectivity index (χ4n) is 8.23. The van der Waals surface area contributed by atoms with Crippen LogP contribution >= 0.6 is 0 Å². The Morgan fingerprint density at radius 3 is 1.29 bits per heavy atom. The summed E-state index contributed by atoms with van der Waals surface area (Å²) in [5, 5.41) is 0. The molecule has 56 heavy (non-hydrogen) atoms. The third kappa shape index (κ3) is 30.4. The van der Waals surface area contributed by atoms with Gasteiger partial charge in [-0.25, -0.2) is 0 Å². The fraction of sp³-hybridized carbons (Fsp3) is 0.939. The number of ether oxygens (including phenoxy) is 3. The first-order valence-electron chi connectivity index (χ1n) is 24.1. The molecule has 0 aromatic rings. The van der Waals surface area contributed by atoms with Gasteiger partial charge in [0.2, 0.25) is 0 Å². The standard InChI is InChI=1S/C49H93NO6/c1-40(2)31-33-44(42(5)6)24-22-38-54-47(51)28-17-13-9-11-15-26-46(56-49(53)30-21-37-50-35-19-20-36-50)27-16-12-10-14-18-29-48(52)55-39-23-25-45(43(7)8)34-32-41(3)4/h40-46H,9-39H2,1-8H3. The summed E-state index contributed by atoms with van der Waals surface area (Å²) in [5.74, 6) is 4.13. The topological polar surface area (TPSA) is 82.1 Å². The maximum atomic E-state index is 12.8. The Bertz CT molecular complexity index is 900. The highest BCUT2D eigenvalue weighted by Gasteiger charge is 2.18. The molecule has 1 saturated heterocycles. The molecule has 1 aliphatic heterocycles. The first-order chi connectivity index (χ1) is 26.9. The number of unbranched alkanes of at least 4 members (excludes halogenated alkanes) is 8. The molecule has 0 N–H and O–H groups in total. The zero-order valence-electron chi connectivity index (χ0n) is 38.4. The molecule has 0 amide bonds. The molecule has 7 heteroatoms. The molecular weight excluding hydrogens is 699 g/mol. The van der Waals surface area contributed by atoms with E-state index in [2.05, 4.69) is 60.3 Å². The molecular formula is C49H93NO6. The van der Waals surface area contributed by atoms with Crippen LogP contribution < -0.4 is 0 Å². The van der Waals surface area contributed by atoms with Gasteiger partial charge < -0.3 is 19.1 Å². The Balaban J connectivity index is 2.26. The van der Waals surface area contributed by atoms with Crippen LogP contribution in [-0.4, -0.2) is 61.8 Å². The number of rotatable bonds is 37. The Labute approximate surface area is 347 Å². The van der Waals surface area contributed by atoms with Gasteiger partial charge in [0.25, 0.3) is 0 Å². The maximum Gasteiger partial charge on any atom is 0.306 e. The normalized spacial score (nSPS) is 15.2. The van der Waals surface area contributed by atoms with Gasteiger partial charge in [0.05, 0.1) is 13.2 Å². The predicted molar refractivity (Wildman–Crippen MR) is 235 cm³/mol. The number of hydrogen-bond donors (Lipinski definition) is 0. The minimum atomic E-state index is -0.0528. The minimum Gasteiger partial charge on any atom is -0.466 e. The highest BCUT2D eigenvalue weighted by molar-refractivity contribution is 5.70. The Morgan fingerprint density at radius 1 is 0.446 bits per heavy atom. The van der Waals surface area contributed by atoms with Crippen LogP contribution in [0, 0.1) is 35.5 Å². The fourth-order valence-corrected chi connectivity index (χ4v) is 8.23. The second-order valence-electron chi connectivity index (χ2n) is 19.1. The van der Waals surface area contributed by atoms with Crippen LogP contribution in [0.25, 0.3) is 0 Å². The molecule has 2 unspecified atom stereocenters. The van der Waals surface area contributed by atoms with Crippen molar-refractivity contribution in [1.29, 1.82) is 0 Å². The molecule has 1 rings (SSSR count). The SMILES string of the molecule is CC(C)CCC(CCCOC(=O)CCCCCCCC(CCCCCCCC(=O)OCCCC(CCC(C)C)C(C)C)OC(=O)CCCN1CCCC1)C(C)C. The average Bonchev–Trinajstić information content (AvgIpc) is 3.66. The Morgan fingerprint density at radius 2 is 0.857 bits per heavy atom. The molecule has 1 fully saturated rings. The zero-order valence-corrected chi connectivity index (χ0v) is 38.4. The van der Waals surface area contributed by atoms with Crippen molar-refractivity contribution in [2.24, 2.45) is 35.5 Å². The van der Waals surface area contributed by atoms with Crippen molar-refractivity contribution in [3.63, 3.8) is 0 Å². The van der Waals surface area contributed by atoms with E-state index >= 15 is 0 Å². The molecule has 2 atom stereocenters. The summed E-state index contributed by atoms with van der Waals surface area (Å²) < 4.78 is 17.2. The van der Waals surface area contributed by atoms with Gasteiger partial charge in [0.15, 0.2) is 0 Å². The number of likely N-dealkylation sites (tertiary alicyclic amines) is 1. The molecule has 0 saturated carbocycles. The van der Waals surface area contributed by atoms with E-state index in [4.69, 9.17) is 14.2 Å². The van der Waals surface area contributed by atoms with Crippen molar-refractivity contribution >= 4 is 17.9 Å². The molecule has 0 spiro atoms. The molecule has 0 radical (unpaired) electrons. The summed E-state index contributed by atoms with van der Waals surface area (Å²) >= 11 is 0. The van der Waals surface area contributed by atoms with Gasteiger partial charge in [-0.05, 0) is 151 Å². The summed E-state index contributed by atoms with van der Waals surface area (Å²) in [4.78, 5) is 39.9. The number of carbonyl (C=O) groups excluding carboxylic acids is 3.